The fourth-order valence-corrected chi connectivity index (χ4v) is 2.99. The molecule has 5 heteroatoms. The highest BCUT2D eigenvalue weighted by molar-refractivity contribution is 5.90. The van der Waals surface area contributed by atoms with Crippen LogP contribution in [0.25, 0.3) is 10.9 Å². The number of nitrogens with one attached hydrogen (secondary N) is 1. The Labute approximate surface area is 135 Å². The van der Waals surface area contributed by atoms with Gasteiger partial charge in [0.2, 0.25) is 5.91 Å². The minimum absolute atomic E-state index is 0.0167. The van der Waals surface area contributed by atoms with E-state index >= 15 is 0 Å². The summed E-state index contributed by atoms with van der Waals surface area (Å²) in [5.41, 5.74) is 3.19. The van der Waals surface area contributed by atoms with E-state index in [1.54, 1.807) is 11.8 Å². The third-order valence-electron chi connectivity index (χ3n) is 4.55. The maximum Gasteiger partial charge on any atom is 0.308 e. The summed E-state index contributed by atoms with van der Waals surface area (Å²) in [6.07, 6.45) is 4.16. The van der Waals surface area contributed by atoms with Crippen LogP contribution in [0.5, 0.6) is 0 Å². The van der Waals surface area contributed by atoms with Crippen LogP contribution in [-0.2, 0) is 16.0 Å². The molecule has 0 bridgehead atoms. The van der Waals surface area contributed by atoms with Gasteiger partial charge in [0.05, 0.1) is 12.3 Å². The Kier molecular flexibility index (Phi) is 4.11. The first kappa shape index (κ1) is 15.6. The Morgan fingerprint density at radius 3 is 2.78 bits per heavy atom. The molecule has 1 aromatic carbocycles. The lowest BCUT2D eigenvalue weighted by molar-refractivity contribution is -0.143. The normalized spacial score (nSPS) is 15.6. The number of aliphatic carboxylic acids is 1. The van der Waals surface area contributed by atoms with E-state index in [1.807, 2.05) is 31.3 Å². The van der Waals surface area contributed by atoms with E-state index in [0.717, 1.165) is 34.9 Å². The zero-order chi connectivity index (χ0) is 16.6. The third-order valence-corrected chi connectivity index (χ3v) is 4.55. The largest absolute Gasteiger partial charge is 0.481 e. The van der Waals surface area contributed by atoms with Gasteiger partial charge in [-0.25, -0.2) is 0 Å². The van der Waals surface area contributed by atoms with Crippen molar-refractivity contribution in [3.05, 3.63) is 35.5 Å². The number of nitrogens with zero attached hydrogens (tertiary/aromatic N) is 1. The van der Waals surface area contributed by atoms with Crippen LogP contribution < -0.4 is 0 Å². The lowest BCUT2D eigenvalue weighted by Gasteiger charge is -2.24. The molecule has 122 valence electrons. The molecule has 1 fully saturated rings. The Bertz CT molecular complexity index is 746. The van der Waals surface area contributed by atoms with Crippen molar-refractivity contribution in [3.8, 4) is 0 Å². The van der Waals surface area contributed by atoms with Gasteiger partial charge in [-0.2, -0.15) is 0 Å². The maximum atomic E-state index is 12.7. The molecule has 1 aliphatic carbocycles. The molecule has 1 amide bonds. The number of para-hydroxylation sites is 1. The smallest absolute Gasteiger partial charge is 0.308 e. The highest BCUT2D eigenvalue weighted by Gasteiger charge is 2.34. The second kappa shape index (κ2) is 6.07. The van der Waals surface area contributed by atoms with Crippen molar-refractivity contribution < 1.29 is 14.7 Å². The number of rotatable bonds is 6. The number of carbonyl (C=O) groups is 2. The number of aromatic nitrogens is 1. The van der Waals surface area contributed by atoms with E-state index in [-0.39, 0.29) is 11.9 Å². The van der Waals surface area contributed by atoms with Crippen molar-refractivity contribution in [2.24, 2.45) is 5.92 Å². The average Bonchev–Trinajstić information content (AvgIpc) is 3.27. The maximum absolute atomic E-state index is 12.7. The first-order chi connectivity index (χ1) is 11.0. The number of amides is 1. The highest BCUT2D eigenvalue weighted by atomic mass is 16.4. The summed E-state index contributed by atoms with van der Waals surface area (Å²) >= 11 is 0. The number of carboxylic acids is 1. The molecule has 1 saturated carbocycles. The number of hydrogen-bond donors (Lipinski definition) is 2. The molecule has 2 aromatic rings. The number of aryl methyl sites for hydroxylation is 1. The molecule has 0 aliphatic heterocycles. The van der Waals surface area contributed by atoms with Crippen LogP contribution >= 0.6 is 0 Å². The number of carbonyl (C=O) groups excluding carboxylic acids is 1. The van der Waals surface area contributed by atoms with Crippen molar-refractivity contribution in [1.82, 2.24) is 9.88 Å². The van der Waals surface area contributed by atoms with Crippen molar-refractivity contribution in [2.45, 2.75) is 39.2 Å². The molecular formula is C18H22N2O3. The van der Waals surface area contributed by atoms with Gasteiger partial charge in [0, 0.05) is 29.7 Å². The van der Waals surface area contributed by atoms with Crippen LogP contribution in [-0.4, -0.2) is 39.5 Å². The van der Waals surface area contributed by atoms with Gasteiger partial charge in [-0.05, 0) is 30.9 Å². The SMILES string of the molecule is Cc1cccc2c(CC(=O)N(CC(C)C(=O)O)C3CC3)c[nH]c12. The summed E-state index contributed by atoms with van der Waals surface area (Å²) < 4.78 is 0. The van der Waals surface area contributed by atoms with Crippen LogP contribution in [0.4, 0.5) is 0 Å². The molecular weight excluding hydrogens is 292 g/mol. The van der Waals surface area contributed by atoms with Gasteiger partial charge in [0.25, 0.3) is 0 Å². The molecule has 0 saturated heterocycles. The number of benzene rings is 1. The topological polar surface area (TPSA) is 73.4 Å². The molecule has 23 heavy (non-hydrogen) atoms. The van der Waals surface area contributed by atoms with Gasteiger partial charge in [0.1, 0.15) is 0 Å². The monoisotopic (exact) mass is 314 g/mol. The molecule has 1 aliphatic rings. The molecule has 1 aromatic heterocycles. The van der Waals surface area contributed by atoms with Gasteiger partial charge in [0.15, 0.2) is 0 Å². The van der Waals surface area contributed by atoms with E-state index in [1.165, 1.54) is 0 Å². The average molecular weight is 314 g/mol. The van der Waals surface area contributed by atoms with Gasteiger partial charge in [-0.1, -0.05) is 25.1 Å². The van der Waals surface area contributed by atoms with Crippen LogP contribution in [0.3, 0.4) is 0 Å². The number of carboxylic acid groups (broad SMARTS) is 1. The summed E-state index contributed by atoms with van der Waals surface area (Å²) in [5, 5.41) is 10.2. The predicted molar refractivity (Wildman–Crippen MR) is 88.3 cm³/mol. The van der Waals surface area contributed by atoms with E-state index < -0.39 is 11.9 Å². The molecule has 1 heterocycles. The van der Waals surface area contributed by atoms with Gasteiger partial charge >= 0.3 is 5.97 Å². The van der Waals surface area contributed by atoms with E-state index in [9.17, 15) is 9.59 Å². The molecule has 2 N–H and O–H groups in total. The first-order valence-corrected chi connectivity index (χ1v) is 8.05. The van der Waals surface area contributed by atoms with Crippen LogP contribution in [0.2, 0.25) is 0 Å². The van der Waals surface area contributed by atoms with Gasteiger partial charge in [-0.15, -0.1) is 0 Å². The quantitative estimate of drug-likeness (QED) is 0.861. The minimum atomic E-state index is -0.855. The lowest BCUT2D eigenvalue weighted by Crippen LogP contribution is -2.39. The minimum Gasteiger partial charge on any atom is -0.481 e. The number of H-pyrrole nitrogens is 1. The standard InChI is InChI=1S/C18H22N2O3/c1-11-4-3-5-15-13(9-19-17(11)15)8-16(21)20(14-6-7-14)10-12(2)18(22)23/h3-5,9,12,14,19H,6-8,10H2,1-2H3,(H,22,23). The van der Waals surface area contributed by atoms with Crippen molar-refractivity contribution in [2.75, 3.05) is 6.54 Å². The zero-order valence-electron chi connectivity index (χ0n) is 13.5. The highest BCUT2D eigenvalue weighted by Crippen LogP contribution is 2.29. The molecule has 0 radical (unpaired) electrons. The lowest BCUT2D eigenvalue weighted by atomic mass is 10.1. The van der Waals surface area contributed by atoms with Crippen LogP contribution in [0.15, 0.2) is 24.4 Å². The first-order valence-electron chi connectivity index (χ1n) is 8.05. The molecule has 1 atom stereocenters. The summed E-state index contributed by atoms with van der Waals surface area (Å²) in [6.45, 7) is 3.98. The second-order valence-corrected chi connectivity index (χ2v) is 6.50. The fourth-order valence-electron chi connectivity index (χ4n) is 2.99. The van der Waals surface area contributed by atoms with E-state index in [4.69, 9.17) is 5.11 Å². The van der Waals surface area contributed by atoms with Crippen LogP contribution in [0.1, 0.15) is 30.9 Å². The van der Waals surface area contributed by atoms with Crippen molar-refractivity contribution in [3.63, 3.8) is 0 Å². The second-order valence-electron chi connectivity index (χ2n) is 6.50. The Morgan fingerprint density at radius 2 is 2.13 bits per heavy atom. The van der Waals surface area contributed by atoms with Crippen LogP contribution in [0, 0.1) is 12.8 Å². The number of aromatic amines is 1. The fraction of sp³-hybridized carbons (Fsp3) is 0.444. The summed E-state index contributed by atoms with van der Waals surface area (Å²) in [6, 6.07) is 6.26. The summed E-state index contributed by atoms with van der Waals surface area (Å²) in [7, 11) is 0. The Balaban J connectivity index is 1.78. The zero-order valence-corrected chi connectivity index (χ0v) is 13.5. The van der Waals surface area contributed by atoms with Crippen molar-refractivity contribution in [1.29, 1.82) is 0 Å². The summed E-state index contributed by atoms with van der Waals surface area (Å²) in [4.78, 5) is 28.8. The molecule has 0 spiro atoms. The van der Waals surface area contributed by atoms with E-state index in [2.05, 4.69) is 4.98 Å². The predicted octanol–water partition coefficient (Wildman–Crippen LogP) is 2.73. The Hall–Kier alpha value is -2.30. The van der Waals surface area contributed by atoms with E-state index in [0.29, 0.717) is 13.0 Å². The van der Waals surface area contributed by atoms with Crippen molar-refractivity contribution >= 4 is 22.8 Å². The number of hydrogen-bond acceptors (Lipinski definition) is 2. The Morgan fingerprint density at radius 1 is 1.39 bits per heavy atom. The summed E-state index contributed by atoms with van der Waals surface area (Å²) in [5.74, 6) is -1.38. The third kappa shape index (κ3) is 3.23. The van der Waals surface area contributed by atoms with Gasteiger partial charge < -0.3 is 15.0 Å². The molecule has 5 nitrogen and oxygen atoms in total. The molecule has 3 rings (SSSR count). The van der Waals surface area contributed by atoms with Gasteiger partial charge in [-0.3, -0.25) is 9.59 Å². The number of fused-ring (bicyclic) bond motifs is 1. The molecule has 1 unspecified atom stereocenters.